The molecule has 17 heavy (non-hydrogen) atoms. The van der Waals surface area contributed by atoms with E-state index in [1.165, 1.54) is 4.88 Å². The molecular weight excluding hydrogens is 349 g/mol. The molecule has 1 heterocycles. The standard InChI is InChI=1S/C11H19N3OS.HI/c1-12-11(14-7-8-15-2)13-6-5-10-4-3-9-16-10;/h3-4,9H,5-8H2,1-2H3,(H2,12,13,14);1H. The average molecular weight is 369 g/mol. The van der Waals surface area contributed by atoms with E-state index < -0.39 is 0 Å². The summed E-state index contributed by atoms with van der Waals surface area (Å²) in [5.41, 5.74) is 0. The highest BCUT2D eigenvalue weighted by Gasteiger charge is 1.97. The van der Waals surface area contributed by atoms with E-state index in [9.17, 15) is 0 Å². The second-order valence-corrected chi connectivity index (χ2v) is 4.28. The molecular formula is C11H20IN3OS. The SMILES string of the molecule is CN=C(NCCOC)NCCc1cccs1.I. The number of hydrogen-bond acceptors (Lipinski definition) is 3. The highest BCUT2D eigenvalue weighted by Crippen LogP contribution is 2.07. The predicted molar refractivity (Wildman–Crippen MR) is 84.7 cm³/mol. The molecule has 0 aliphatic rings. The first-order chi connectivity index (χ1) is 7.86. The second kappa shape index (κ2) is 10.8. The Morgan fingerprint density at radius 1 is 1.41 bits per heavy atom. The number of rotatable bonds is 6. The van der Waals surface area contributed by atoms with E-state index in [0.29, 0.717) is 6.61 Å². The lowest BCUT2D eigenvalue weighted by Gasteiger charge is -2.10. The number of hydrogen-bond donors (Lipinski definition) is 2. The summed E-state index contributed by atoms with van der Waals surface area (Å²) >= 11 is 1.78. The van der Waals surface area contributed by atoms with Crippen molar-refractivity contribution in [1.82, 2.24) is 10.6 Å². The van der Waals surface area contributed by atoms with E-state index >= 15 is 0 Å². The van der Waals surface area contributed by atoms with Gasteiger partial charge in [0.1, 0.15) is 0 Å². The zero-order valence-electron chi connectivity index (χ0n) is 10.2. The van der Waals surface area contributed by atoms with E-state index in [-0.39, 0.29) is 24.0 Å². The predicted octanol–water partition coefficient (Wildman–Crippen LogP) is 1.72. The van der Waals surface area contributed by atoms with Gasteiger partial charge < -0.3 is 15.4 Å². The molecule has 2 N–H and O–H groups in total. The maximum absolute atomic E-state index is 4.96. The summed E-state index contributed by atoms with van der Waals surface area (Å²) in [7, 11) is 3.46. The van der Waals surface area contributed by atoms with Crippen molar-refractivity contribution in [2.75, 3.05) is 33.9 Å². The molecule has 0 unspecified atom stereocenters. The minimum absolute atomic E-state index is 0. The summed E-state index contributed by atoms with van der Waals surface area (Å²) < 4.78 is 4.96. The lowest BCUT2D eigenvalue weighted by molar-refractivity contribution is 0.203. The maximum atomic E-state index is 4.96. The number of methoxy groups -OCH3 is 1. The molecule has 4 nitrogen and oxygen atoms in total. The Kier molecular flexibility index (Phi) is 10.6. The quantitative estimate of drug-likeness (QED) is 0.348. The van der Waals surface area contributed by atoms with Crippen molar-refractivity contribution in [1.29, 1.82) is 0 Å². The minimum Gasteiger partial charge on any atom is -0.383 e. The van der Waals surface area contributed by atoms with Crippen LogP contribution in [0.2, 0.25) is 0 Å². The van der Waals surface area contributed by atoms with Gasteiger partial charge in [0.05, 0.1) is 6.61 Å². The number of aliphatic imine (C=N–C) groups is 1. The molecule has 1 rings (SSSR count). The van der Waals surface area contributed by atoms with Gasteiger partial charge in [-0.1, -0.05) is 6.07 Å². The number of guanidine groups is 1. The van der Waals surface area contributed by atoms with Crippen LogP contribution < -0.4 is 10.6 Å². The zero-order valence-corrected chi connectivity index (χ0v) is 13.4. The van der Waals surface area contributed by atoms with E-state index in [0.717, 1.165) is 25.5 Å². The molecule has 0 bridgehead atoms. The molecule has 0 spiro atoms. The van der Waals surface area contributed by atoms with Gasteiger partial charge in [-0.25, -0.2) is 0 Å². The fourth-order valence-corrected chi connectivity index (χ4v) is 1.96. The molecule has 0 fully saturated rings. The van der Waals surface area contributed by atoms with Gasteiger partial charge in [-0.3, -0.25) is 4.99 Å². The molecule has 0 aliphatic carbocycles. The van der Waals surface area contributed by atoms with Crippen LogP contribution in [0.15, 0.2) is 22.5 Å². The second-order valence-electron chi connectivity index (χ2n) is 3.25. The molecule has 0 radical (unpaired) electrons. The van der Waals surface area contributed by atoms with E-state index in [1.807, 2.05) is 0 Å². The fourth-order valence-electron chi connectivity index (χ4n) is 1.25. The molecule has 98 valence electrons. The zero-order chi connectivity index (χ0) is 11.6. The van der Waals surface area contributed by atoms with Gasteiger partial charge in [-0.05, 0) is 17.9 Å². The van der Waals surface area contributed by atoms with Crippen molar-refractivity contribution in [3.05, 3.63) is 22.4 Å². The lowest BCUT2D eigenvalue weighted by atomic mass is 10.3. The van der Waals surface area contributed by atoms with Gasteiger partial charge in [-0.2, -0.15) is 0 Å². The van der Waals surface area contributed by atoms with Crippen LogP contribution in [0, 0.1) is 0 Å². The van der Waals surface area contributed by atoms with Crippen LogP contribution >= 0.6 is 35.3 Å². The fraction of sp³-hybridized carbons (Fsp3) is 0.545. The van der Waals surface area contributed by atoms with Gasteiger partial charge in [0.2, 0.25) is 0 Å². The molecule has 0 aromatic carbocycles. The maximum Gasteiger partial charge on any atom is 0.191 e. The molecule has 0 saturated heterocycles. The third kappa shape index (κ3) is 7.56. The first-order valence-electron chi connectivity index (χ1n) is 5.32. The Morgan fingerprint density at radius 3 is 2.76 bits per heavy atom. The molecule has 0 aliphatic heterocycles. The molecule has 1 aromatic rings. The number of thiophene rings is 1. The van der Waals surface area contributed by atoms with Crippen molar-refractivity contribution in [2.45, 2.75) is 6.42 Å². The Morgan fingerprint density at radius 2 is 2.18 bits per heavy atom. The first kappa shape index (κ1) is 16.7. The van der Waals surface area contributed by atoms with Crippen LogP contribution in [-0.4, -0.2) is 39.8 Å². The highest BCUT2D eigenvalue weighted by atomic mass is 127. The summed E-state index contributed by atoms with van der Waals surface area (Å²) in [4.78, 5) is 5.51. The Labute approximate surface area is 124 Å². The third-order valence-corrected chi connectivity index (χ3v) is 3.00. The summed E-state index contributed by atoms with van der Waals surface area (Å²) in [6.45, 7) is 2.36. The molecule has 0 amide bonds. The highest BCUT2D eigenvalue weighted by molar-refractivity contribution is 14.0. The monoisotopic (exact) mass is 369 g/mol. The van der Waals surface area contributed by atoms with Crippen molar-refractivity contribution in [3.63, 3.8) is 0 Å². The third-order valence-electron chi connectivity index (χ3n) is 2.07. The van der Waals surface area contributed by atoms with Gasteiger partial charge in [0.15, 0.2) is 5.96 Å². The van der Waals surface area contributed by atoms with Gasteiger partial charge >= 0.3 is 0 Å². The minimum atomic E-state index is 0. The van der Waals surface area contributed by atoms with Crippen LogP contribution in [0.3, 0.4) is 0 Å². The van der Waals surface area contributed by atoms with Crippen LogP contribution in [0.1, 0.15) is 4.88 Å². The molecule has 0 saturated carbocycles. The largest absolute Gasteiger partial charge is 0.383 e. The van der Waals surface area contributed by atoms with Crippen molar-refractivity contribution in [2.24, 2.45) is 4.99 Å². The van der Waals surface area contributed by atoms with E-state index in [2.05, 4.69) is 33.1 Å². The Bertz CT molecular complexity index is 304. The van der Waals surface area contributed by atoms with Crippen molar-refractivity contribution < 1.29 is 4.74 Å². The average Bonchev–Trinajstić information content (AvgIpc) is 2.80. The van der Waals surface area contributed by atoms with Crippen LogP contribution in [0.5, 0.6) is 0 Å². The normalized spacial score (nSPS) is 10.8. The molecule has 6 heteroatoms. The summed E-state index contributed by atoms with van der Waals surface area (Å²) in [5, 5.41) is 8.52. The smallest absolute Gasteiger partial charge is 0.191 e. The van der Waals surface area contributed by atoms with E-state index in [1.54, 1.807) is 25.5 Å². The molecule has 1 aromatic heterocycles. The number of nitrogens with zero attached hydrogens (tertiary/aromatic N) is 1. The van der Waals surface area contributed by atoms with Gasteiger partial charge in [0, 0.05) is 32.1 Å². The van der Waals surface area contributed by atoms with E-state index in [4.69, 9.17) is 4.74 Å². The van der Waals surface area contributed by atoms with Crippen molar-refractivity contribution in [3.8, 4) is 0 Å². The number of halogens is 1. The van der Waals surface area contributed by atoms with Crippen molar-refractivity contribution >= 4 is 41.3 Å². The van der Waals surface area contributed by atoms with Crippen LogP contribution in [-0.2, 0) is 11.2 Å². The Balaban J connectivity index is 0.00000256. The van der Waals surface area contributed by atoms with Crippen LogP contribution in [0.25, 0.3) is 0 Å². The van der Waals surface area contributed by atoms with Gasteiger partial charge in [-0.15, -0.1) is 35.3 Å². The van der Waals surface area contributed by atoms with Gasteiger partial charge in [0.25, 0.3) is 0 Å². The summed E-state index contributed by atoms with van der Waals surface area (Å²) in [5.74, 6) is 0.827. The lowest BCUT2D eigenvalue weighted by Crippen LogP contribution is -2.39. The number of nitrogens with one attached hydrogen (secondary N) is 2. The summed E-state index contributed by atoms with van der Waals surface area (Å²) in [6, 6.07) is 4.22. The van der Waals surface area contributed by atoms with Crippen LogP contribution in [0.4, 0.5) is 0 Å². The number of ether oxygens (including phenoxy) is 1. The molecule has 0 atom stereocenters. The topological polar surface area (TPSA) is 45.7 Å². The Hall–Kier alpha value is -0.340. The first-order valence-corrected chi connectivity index (χ1v) is 6.20. The summed E-state index contributed by atoms with van der Waals surface area (Å²) in [6.07, 6.45) is 1.03.